The zero-order valence-electron chi connectivity index (χ0n) is 12.1. The van der Waals surface area contributed by atoms with Crippen LogP contribution in [0.4, 0.5) is 0 Å². The molecule has 2 rings (SSSR count). The van der Waals surface area contributed by atoms with Crippen molar-refractivity contribution in [3.63, 3.8) is 0 Å². The molecule has 0 aliphatic carbocycles. The lowest BCUT2D eigenvalue weighted by atomic mass is 9.96. The molecule has 1 aromatic carbocycles. The highest BCUT2D eigenvalue weighted by Crippen LogP contribution is 2.30. The molecule has 1 fully saturated rings. The molecule has 1 heterocycles. The van der Waals surface area contributed by atoms with E-state index in [1.807, 2.05) is 0 Å². The summed E-state index contributed by atoms with van der Waals surface area (Å²) in [4.78, 5) is 4.94. The summed E-state index contributed by atoms with van der Waals surface area (Å²) in [6.45, 7) is 8.46. The predicted molar refractivity (Wildman–Crippen MR) is 84.2 cm³/mol. The summed E-state index contributed by atoms with van der Waals surface area (Å²) in [5, 5.41) is 0. The van der Waals surface area contributed by atoms with Gasteiger partial charge in [-0.2, -0.15) is 0 Å². The molecule has 19 heavy (non-hydrogen) atoms. The maximum absolute atomic E-state index is 6.05. The highest BCUT2D eigenvalue weighted by molar-refractivity contribution is 9.10. The summed E-state index contributed by atoms with van der Waals surface area (Å²) < 4.78 is 1.15. The molecule has 0 aromatic heterocycles. The van der Waals surface area contributed by atoms with Crippen LogP contribution in [0.2, 0.25) is 0 Å². The minimum Gasteiger partial charge on any atom is -0.329 e. The van der Waals surface area contributed by atoms with Gasteiger partial charge in [0.15, 0.2) is 0 Å². The van der Waals surface area contributed by atoms with Gasteiger partial charge >= 0.3 is 0 Å². The summed E-state index contributed by atoms with van der Waals surface area (Å²) in [7, 11) is 2.20. The van der Waals surface area contributed by atoms with E-state index >= 15 is 0 Å². The summed E-state index contributed by atoms with van der Waals surface area (Å²) in [6.07, 6.45) is 0. The van der Waals surface area contributed by atoms with Crippen LogP contribution in [0, 0.1) is 0 Å². The second-order valence-corrected chi connectivity index (χ2v) is 6.83. The Kier molecular flexibility index (Phi) is 4.66. The number of likely N-dealkylation sites (N-methyl/N-ethyl adjacent to an activating group) is 1. The molecule has 0 saturated carbocycles. The van der Waals surface area contributed by atoms with E-state index in [0.717, 1.165) is 24.1 Å². The summed E-state index contributed by atoms with van der Waals surface area (Å²) >= 11 is 3.65. The largest absolute Gasteiger partial charge is 0.329 e. The molecule has 0 amide bonds. The fraction of sp³-hybridized carbons (Fsp3) is 0.600. The van der Waals surface area contributed by atoms with Crippen molar-refractivity contribution < 1.29 is 0 Å². The predicted octanol–water partition coefficient (Wildman–Crippen LogP) is 2.47. The average Bonchev–Trinajstić information content (AvgIpc) is 2.36. The molecule has 1 aliphatic rings. The van der Waals surface area contributed by atoms with Crippen LogP contribution >= 0.6 is 15.9 Å². The van der Waals surface area contributed by atoms with Crippen molar-refractivity contribution in [2.75, 3.05) is 33.2 Å². The highest BCUT2D eigenvalue weighted by atomic mass is 79.9. The third-order valence-corrected chi connectivity index (χ3v) is 5.00. The first-order chi connectivity index (χ1) is 8.95. The molecule has 1 saturated heterocycles. The van der Waals surface area contributed by atoms with Crippen LogP contribution < -0.4 is 5.73 Å². The van der Waals surface area contributed by atoms with Gasteiger partial charge in [-0.25, -0.2) is 0 Å². The molecule has 1 aliphatic heterocycles. The fourth-order valence-electron chi connectivity index (χ4n) is 2.76. The van der Waals surface area contributed by atoms with Crippen LogP contribution in [0.5, 0.6) is 0 Å². The number of piperazine rings is 1. The van der Waals surface area contributed by atoms with Crippen LogP contribution in [-0.4, -0.2) is 48.6 Å². The number of nitrogens with zero attached hydrogens (tertiary/aromatic N) is 2. The Morgan fingerprint density at radius 2 is 2.00 bits per heavy atom. The Bertz CT molecular complexity index is 433. The third kappa shape index (κ3) is 3.19. The molecular weight excluding hydrogens is 302 g/mol. The van der Waals surface area contributed by atoms with Gasteiger partial charge in [0.1, 0.15) is 0 Å². The Labute approximate surface area is 124 Å². The minimum absolute atomic E-state index is 0.201. The van der Waals surface area contributed by atoms with Crippen molar-refractivity contribution in [2.45, 2.75) is 25.4 Å². The lowest BCUT2D eigenvalue weighted by Crippen LogP contribution is -2.58. The Hall–Kier alpha value is -0.420. The van der Waals surface area contributed by atoms with Gasteiger partial charge in [0.25, 0.3) is 0 Å². The van der Waals surface area contributed by atoms with Gasteiger partial charge in [-0.1, -0.05) is 34.1 Å². The van der Waals surface area contributed by atoms with E-state index in [2.05, 4.69) is 70.9 Å². The first-order valence-electron chi connectivity index (χ1n) is 6.85. The first kappa shape index (κ1) is 15.0. The Morgan fingerprint density at radius 3 is 2.58 bits per heavy atom. The van der Waals surface area contributed by atoms with E-state index in [0.29, 0.717) is 12.6 Å². The molecule has 3 nitrogen and oxygen atoms in total. The van der Waals surface area contributed by atoms with E-state index < -0.39 is 0 Å². The van der Waals surface area contributed by atoms with E-state index in [1.165, 1.54) is 5.56 Å². The minimum atomic E-state index is 0.201. The van der Waals surface area contributed by atoms with Gasteiger partial charge in [0.2, 0.25) is 0 Å². The standard InChI is InChI=1S/C15H24BrN3/c1-15(2)11-19(9-8-18(15)3)14(10-17)12-6-4-5-7-13(12)16/h4-7,14H,8-11,17H2,1-3H3. The first-order valence-corrected chi connectivity index (χ1v) is 7.65. The topological polar surface area (TPSA) is 32.5 Å². The zero-order chi connectivity index (χ0) is 14.0. The molecule has 1 aromatic rings. The number of hydrogen-bond acceptors (Lipinski definition) is 3. The lowest BCUT2D eigenvalue weighted by molar-refractivity contribution is 0.0179. The van der Waals surface area contributed by atoms with Crippen LogP contribution in [0.3, 0.4) is 0 Å². The second-order valence-electron chi connectivity index (χ2n) is 5.98. The van der Waals surface area contributed by atoms with Crippen molar-refractivity contribution in [3.8, 4) is 0 Å². The third-order valence-electron chi connectivity index (χ3n) is 4.27. The summed E-state index contributed by atoms with van der Waals surface area (Å²) in [6, 6.07) is 8.70. The van der Waals surface area contributed by atoms with Crippen LogP contribution in [0.15, 0.2) is 28.7 Å². The SMILES string of the molecule is CN1CCN(C(CN)c2ccccc2Br)CC1(C)C. The molecule has 1 unspecified atom stereocenters. The van der Waals surface area contributed by atoms with E-state index in [1.54, 1.807) is 0 Å². The maximum atomic E-state index is 6.05. The average molecular weight is 326 g/mol. The van der Waals surface area contributed by atoms with E-state index in [-0.39, 0.29) is 5.54 Å². The van der Waals surface area contributed by atoms with Crippen molar-refractivity contribution in [3.05, 3.63) is 34.3 Å². The molecule has 0 bridgehead atoms. The molecule has 0 radical (unpaired) electrons. The fourth-order valence-corrected chi connectivity index (χ4v) is 3.31. The van der Waals surface area contributed by atoms with E-state index in [9.17, 15) is 0 Å². The highest BCUT2D eigenvalue weighted by Gasteiger charge is 2.34. The second kappa shape index (κ2) is 5.92. The number of hydrogen-bond donors (Lipinski definition) is 1. The van der Waals surface area contributed by atoms with Gasteiger partial charge in [-0.15, -0.1) is 0 Å². The monoisotopic (exact) mass is 325 g/mol. The van der Waals surface area contributed by atoms with Crippen molar-refractivity contribution in [1.29, 1.82) is 0 Å². The number of rotatable bonds is 3. The molecule has 0 spiro atoms. The Morgan fingerprint density at radius 1 is 1.32 bits per heavy atom. The van der Waals surface area contributed by atoms with Gasteiger partial charge in [0.05, 0.1) is 0 Å². The normalized spacial score (nSPS) is 22.4. The van der Waals surface area contributed by atoms with Crippen LogP contribution in [0.1, 0.15) is 25.5 Å². The number of benzene rings is 1. The van der Waals surface area contributed by atoms with Gasteiger partial charge in [0, 0.05) is 42.2 Å². The van der Waals surface area contributed by atoms with E-state index in [4.69, 9.17) is 5.73 Å². The molecular formula is C15H24BrN3. The smallest absolute Gasteiger partial charge is 0.0482 e. The maximum Gasteiger partial charge on any atom is 0.0482 e. The summed E-state index contributed by atoms with van der Waals surface area (Å²) in [5.74, 6) is 0. The number of nitrogens with two attached hydrogens (primary N) is 1. The molecule has 2 N–H and O–H groups in total. The Balaban J connectivity index is 2.22. The quantitative estimate of drug-likeness (QED) is 0.926. The molecule has 4 heteroatoms. The molecule has 106 valence electrons. The van der Waals surface area contributed by atoms with Crippen molar-refractivity contribution in [2.24, 2.45) is 5.73 Å². The zero-order valence-corrected chi connectivity index (χ0v) is 13.7. The van der Waals surface area contributed by atoms with Gasteiger partial charge < -0.3 is 5.73 Å². The van der Waals surface area contributed by atoms with Crippen LogP contribution in [0.25, 0.3) is 0 Å². The van der Waals surface area contributed by atoms with Crippen molar-refractivity contribution >= 4 is 15.9 Å². The number of halogens is 1. The molecule has 1 atom stereocenters. The van der Waals surface area contributed by atoms with Crippen LogP contribution in [-0.2, 0) is 0 Å². The van der Waals surface area contributed by atoms with Gasteiger partial charge in [-0.3, -0.25) is 9.80 Å². The van der Waals surface area contributed by atoms with Gasteiger partial charge in [-0.05, 0) is 32.5 Å². The van der Waals surface area contributed by atoms with Crippen molar-refractivity contribution in [1.82, 2.24) is 9.80 Å². The lowest BCUT2D eigenvalue weighted by Gasteiger charge is -2.48. The summed E-state index contributed by atoms with van der Waals surface area (Å²) in [5.41, 5.74) is 7.55.